The van der Waals surface area contributed by atoms with E-state index in [2.05, 4.69) is 36.1 Å². The molecule has 3 aromatic heterocycles. The van der Waals surface area contributed by atoms with E-state index in [1.807, 2.05) is 0 Å². The van der Waals surface area contributed by atoms with Crippen LogP contribution in [0, 0.1) is 0 Å². The maximum absolute atomic E-state index is 13.2. The minimum atomic E-state index is -1.27. The number of anilines is 1. The first-order valence-electron chi connectivity index (χ1n) is 12.4. The van der Waals surface area contributed by atoms with Crippen molar-refractivity contribution in [3.63, 3.8) is 0 Å². The van der Waals surface area contributed by atoms with Gasteiger partial charge >= 0.3 is 11.9 Å². The second-order valence-electron chi connectivity index (χ2n) is 9.98. The number of carboxylic acids is 1. The molecule has 0 aromatic carbocycles. The summed E-state index contributed by atoms with van der Waals surface area (Å²) in [5.41, 5.74) is 5.57. The van der Waals surface area contributed by atoms with Gasteiger partial charge in [0.25, 0.3) is 11.8 Å². The lowest BCUT2D eigenvalue weighted by Crippen LogP contribution is -2.71. The SMILES string of the molecule is CC(C)(C)OC(=O)CON=C(C(=O)NC1C(=O)N2C(C(=O)O)=C(CSc3ccc4nnnn4n3)CS[C@@H]12)c1csc(N)n1. The van der Waals surface area contributed by atoms with Crippen LogP contribution in [0.1, 0.15) is 26.5 Å². The van der Waals surface area contributed by atoms with Crippen molar-refractivity contribution >= 4 is 75.1 Å². The van der Waals surface area contributed by atoms with Gasteiger partial charge in [0.1, 0.15) is 33.4 Å². The number of fused-ring (bicyclic) bond motifs is 2. The van der Waals surface area contributed by atoms with Crippen LogP contribution >= 0.6 is 34.9 Å². The predicted molar refractivity (Wildman–Crippen MR) is 154 cm³/mol. The number of nitrogens with two attached hydrogens (primary N) is 1. The van der Waals surface area contributed by atoms with Gasteiger partial charge in [-0.05, 0) is 48.9 Å². The summed E-state index contributed by atoms with van der Waals surface area (Å²) in [5.74, 6) is -2.85. The van der Waals surface area contributed by atoms with Crippen molar-refractivity contribution in [3.8, 4) is 0 Å². The minimum absolute atomic E-state index is 0.0722. The number of amides is 2. The third kappa shape index (κ3) is 6.70. The van der Waals surface area contributed by atoms with Crippen LogP contribution in [0.15, 0.2) is 39.0 Å². The molecule has 226 valence electrons. The number of thioether (sulfide) groups is 2. The minimum Gasteiger partial charge on any atom is -0.477 e. The lowest BCUT2D eigenvalue weighted by atomic mass is 10.0. The molecule has 2 aliphatic rings. The topological polar surface area (TPSA) is 229 Å². The van der Waals surface area contributed by atoms with E-state index in [0.717, 1.165) is 16.2 Å². The van der Waals surface area contributed by atoms with Crippen LogP contribution in [0.3, 0.4) is 0 Å². The van der Waals surface area contributed by atoms with Crippen molar-refractivity contribution in [2.75, 3.05) is 23.8 Å². The Morgan fingerprint density at radius 2 is 2.09 bits per heavy atom. The number of thiazole rings is 1. The van der Waals surface area contributed by atoms with E-state index in [9.17, 15) is 24.3 Å². The zero-order valence-corrected chi connectivity index (χ0v) is 25.2. The number of nitrogens with one attached hydrogen (secondary N) is 1. The van der Waals surface area contributed by atoms with Crippen LogP contribution < -0.4 is 11.1 Å². The van der Waals surface area contributed by atoms with Crippen molar-refractivity contribution in [2.24, 2.45) is 5.16 Å². The molecule has 0 spiro atoms. The van der Waals surface area contributed by atoms with Gasteiger partial charge in [-0.25, -0.2) is 14.6 Å². The van der Waals surface area contributed by atoms with Crippen molar-refractivity contribution in [1.82, 2.24) is 40.5 Å². The van der Waals surface area contributed by atoms with Crippen molar-refractivity contribution in [2.45, 2.75) is 42.8 Å². The monoisotopic (exact) mass is 648 g/mol. The molecule has 20 heteroatoms. The highest BCUT2D eigenvalue weighted by molar-refractivity contribution is 8.01. The highest BCUT2D eigenvalue weighted by Gasteiger charge is 2.54. The van der Waals surface area contributed by atoms with E-state index in [1.165, 1.54) is 33.5 Å². The van der Waals surface area contributed by atoms with Crippen LogP contribution in [0.4, 0.5) is 5.13 Å². The van der Waals surface area contributed by atoms with E-state index < -0.39 is 47.4 Å². The number of carbonyl (C=O) groups is 4. The Morgan fingerprint density at radius 3 is 2.79 bits per heavy atom. The first-order chi connectivity index (χ1) is 20.4. The molecule has 5 heterocycles. The predicted octanol–water partition coefficient (Wildman–Crippen LogP) is 0.151. The maximum Gasteiger partial charge on any atom is 0.352 e. The standard InChI is InChI=1S/C23H24N10O7S3/c1-23(2,3)40-14(34)6-39-29-15(11-9-43-22(24)25-11)18(35)26-16-19(36)32-17(21(37)38)10(8-42-20(16)32)7-41-13-5-4-12-27-30-31-33(12)28-13/h4-5,9,16,20H,6-8H2,1-3H3,(H2,24,25)(H,26,35)(H,37,38)/t16?,20-/m0/s1. The molecule has 1 fully saturated rings. The zero-order valence-electron chi connectivity index (χ0n) is 22.8. The van der Waals surface area contributed by atoms with Crippen molar-refractivity contribution in [3.05, 3.63) is 34.5 Å². The lowest BCUT2D eigenvalue weighted by molar-refractivity contribution is -0.160. The molecule has 0 aliphatic carbocycles. The number of nitrogens with zero attached hydrogens (tertiary/aromatic N) is 8. The number of esters is 1. The van der Waals surface area contributed by atoms with E-state index in [0.29, 0.717) is 22.0 Å². The molecule has 1 unspecified atom stereocenters. The summed E-state index contributed by atoms with van der Waals surface area (Å²) in [5, 5.41) is 33.2. The van der Waals surface area contributed by atoms with Crippen molar-refractivity contribution < 1.29 is 33.9 Å². The van der Waals surface area contributed by atoms with Gasteiger partial charge < -0.3 is 25.7 Å². The molecule has 0 saturated carbocycles. The van der Waals surface area contributed by atoms with Gasteiger partial charge in [-0.2, -0.15) is 0 Å². The third-order valence-electron chi connectivity index (χ3n) is 5.71. The Balaban J connectivity index is 1.27. The largest absolute Gasteiger partial charge is 0.477 e. The van der Waals surface area contributed by atoms with Gasteiger partial charge in [0, 0.05) is 16.9 Å². The summed E-state index contributed by atoms with van der Waals surface area (Å²) in [7, 11) is 0. The average Bonchev–Trinajstić information content (AvgIpc) is 3.59. The summed E-state index contributed by atoms with van der Waals surface area (Å²) in [6.07, 6.45) is 0. The number of tetrazole rings is 1. The third-order valence-corrected chi connectivity index (χ3v) is 8.73. The fourth-order valence-electron chi connectivity index (χ4n) is 4.00. The summed E-state index contributed by atoms with van der Waals surface area (Å²) in [6, 6.07) is 2.35. The van der Waals surface area contributed by atoms with Crippen LogP contribution in [-0.4, -0.2) is 105 Å². The Hall–Kier alpha value is -4.30. The number of aromatic nitrogens is 6. The summed E-state index contributed by atoms with van der Waals surface area (Å²) in [4.78, 5) is 60.9. The maximum atomic E-state index is 13.2. The number of ether oxygens (including phenoxy) is 1. The van der Waals surface area contributed by atoms with Crippen LogP contribution in [0.25, 0.3) is 5.65 Å². The Morgan fingerprint density at radius 1 is 1.30 bits per heavy atom. The molecule has 0 radical (unpaired) electrons. The molecule has 2 atom stereocenters. The fourth-order valence-corrected chi connectivity index (χ4v) is 6.88. The summed E-state index contributed by atoms with van der Waals surface area (Å²) in [6.45, 7) is 4.49. The highest BCUT2D eigenvalue weighted by Crippen LogP contribution is 2.41. The van der Waals surface area contributed by atoms with E-state index in [-0.39, 0.29) is 28.0 Å². The molecule has 1 saturated heterocycles. The van der Waals surface area contributed by atoms with Gasteiger partial charge in [-0.3, -0.25) is 14.5 Å². The number of carboxylic acid groups (broad SMARTS) is 1. The number of aliphatic carboxylic acids is 1. The van der Waals surface area contributed by atoms with Gasteiger partial charge in [0.2, 0.25) is 6.61 Å². The molecule has 17 nitrogen and oxygen atoms in total. The van der Waals surface area contributed by atoms with E-state index in [1.54, 1.807) is 32.9 Å². The number of carbonyl (C=O) groups excluding carboxylic acids is 3. The molecule has 3 aromatic rings. The van der Waals surface area contributed by atoms with Crippen LogP contribution in [-0.2, 0) is 28.8 Å². The Kier molecular flexibility index (Phi) is 8.51. The first kappa shape index (κ1) is 30.2. The molecule has 0 bridgehead atoms. The fraction of sp³-hybridized carbons (Fsp3) is 0.391. The normalized spacial score (nSPS) is 18.7. The quantitative estimate of drug-likeness (QED) is 0.0873. The first-order valence-corrected chi connectivity index (χ1v) is 15.3. The molecule has 2 aliphatic heterocycles. The zero-order chi connectivity index (χ0) is 30.9. The van der Waals surface area contributed by atoms with E-state index >= 15 is 0 Å². The van der Waals surface area contributed by atoms with Gasteiger partial charge in [-0.1, -0.05) is 5.16 Å². The molecule has 4 N–H and O–H groups in total. The van der Waals surface area contributed by atoms with Gasteiger partial charge in [-0.15, -0.1) is 49.7 Å². The molecule has 5 rings (SSSR count). The van der Waals surface area contributed by atoms with E-state index in [4.69, 9.17) is 15.3 Å². The second kappa shape index (κ2) is 12.1. The Bertz CT molecular complexity index is 1660. The number of oxime groups is 1. The lowest BCUT2D eigenvalue weighted by Gasteiger charge is -2.49. The second-order valence-corrected chi connectivity index (χ2v) is 13.0. The average molecular weight is 649 g/mol. The summed E-state index contributed by atoms with van der Waals surface area (Å²) < 4.78 is 6.42. The smallest absolute Gasteiger partial charge is 0.352 e. The van der Waals surface area contributed by atoms with Crippen LogP contribution in [0.5, 0.6) is 0 Å². The molecular formula is C23H24N10O7S3. The number of nitrogen functional groups attached to an aromatic ring is 1. The van der Waals surface area contributed by atoms with Gasteiger partial charge in [0.05, 0.1) is 0 Å². The summed E-state index contributed by atoms with van der Waals surface area (Å²) >= 11 is 3.63. The highest BCUT2D eigenvalue weighted by atomic mass is 32.2. The van der Waals surface area contributed by atoms with Crippen molar-refractivity contribution in [1.29, 1.82) is 0 Å². The number of rotatable bonds is 10. The van der Waals surface area contributed by atoms with Gasteiger partial charge in [0.15, 0.2) is 16.5 Å². The number of β-lactam (4-membered cyclic amide) rings is 1. The number of hydrogen-bond donors (Lipinski definition) is 3. The number of hydrogen-bond acceptors (Lipinski definition) is 16. The molecule has 43 heavy (non-hydrogen) atoms. The molecule has 2 amide bonds. The Labute approximate surface area is 255 Å². The van der Waals surface area contributed by atoms with Crippen LogP contribution in [0.2, 0.25) is 0 Å². The molecular weight excluding hydrogens is 625 g/mol.